The first kappa shape index (κ1) is 35.9. The van der Waals surface area contributed by atoms with E-state index in [1.165, 1.54) is 72.8 Å². The predicted molar refractivity (Wildman–Crippen MR) is 156 cm³/mol. The van der Waals surface area contributed by atoms with Crippen LogP contribution in [0.1, 0.15) is 31.1 Å². The number of carbonyl (C=O) groups is 3. The Bertz CT molecular complexity index is 1730. The first-order chi connectivity index (χ1) is 21.1. The standard InChI is InChI=1S/C12H8N2.3C7H6O3.Tm/c1-3-9-5-6-10-4-2-8-14-12(10)11(9)13-7-1;3*8-6-4-2-1-3-5(6)7(9)10;/h1-8H;3*1-4,8H,(H,9,10);/q;;;;+3/p-3. The van der Waals surface area contributed by atoms with Crippen molar-refractivity contribution in [2.75, 3.05) is 0 Å². The molecule has 0 fully saturated rings. The Labute approximate surface area is 285 Å². The maximum atomic E-state index is 10.7. The molecule has 0 spiro atoms. The molecule has 0 aliphatic carbocycles. The maximum absolute atomic E-state index is 10.7. The summed E-state index contributed by atoms with van der Waals surface area (Å²) >= 11 is 0. The van der Waals surface area contributed by atoms with Crippen molar-refractivity contribution in [2.45, 2.75) is 0 Å². The average Bonchev–Trinajstić information content (AvgIpc) is 3.02. The number of hydrogen-bond acceptors (Lipinski definition) is 8. The van der Waals surface area contributed by atoms with Crippen LogP contribution >= 0.6 is 0 Å². The van der Waals surface area contributed by atoms with Crippen molar-refractivity contribution in [3.63, 3.8) is 0 Å². The van der Waals surface area contributed by atoms with Crippen molar-refractivity contribution in [3.05, 3.63) is 138 Å². The van der Waals surface area contributed by atoms with Crippen molar-refractivity contribution >= 4 is 39.7 Å². The van der Waals surface area contributed by atoms with E-state index in [1.54, 1.807) is 12.4 Å². The van der Waals surface area contributed by atoms with Gasteiger partial charge in [0.2, 0.25) is 0 Å². The molecule has 2 aromatic heterocycles. The van der Waals surface area contributed by atoms with Crippen molar-refractivity contribution in [3.8, 4) is 17.2 Å². The van der Waals surface area contributed by atoms with Crippen LogP contribution in [0.2, 0.25) is 0 Å². The fourth-order valence-electron chi connectivity index (χ4n) is 3.61. The van der Waals surface area contributed by atoms with Gasteiger partial charge in [-0.05, 0) is 30.3 Å². The van der Waals surface area contributed by atoms with Crippen LogP contribution in [0.15, 0.2) is 122 Å². The molecule has 0 atom stereocenters. The van der Waals surface area contributed by atoms with Crippen LogP contribution in [0.5, 0.6) is 17.2 Å². The first-order valence-corrected chi connectivity index (χ1v) is 12.7. The minimum absolute atomic E-state index is 0. The molecule has 0 saturated heterocycles. The normalized spacial score (nSPS) is 9.51. The number of carboxylic acids is 3. The number of benzene rings is 4. The van der Waals surface area contributed by atoms with E-state index in [9.17, 15) is 29.7 Å². The minimum Gasteiger partial charge on any atom is -0.872 e. The summed E-state index contributed by atoms with van der Waals surface area (Å²) in [5, 5.41) is 59.4. The van der Waals surface area contributed by atoms with Gasteiger partial charge in [-0.3, -0.25) is 9.97 Å². The van der Waals surface area contributed by atoms with E-state index >= 15 is 0 Å². The third-order valence-corrected chi connectivity index (χ3v) is 5.70. The number of hydrogen-bond donors (Lipinski definition) is 3. The zero-order chi connectivity index (χ0) is 32.1. The van der Waals surface area contributed by atoms with Crippen molar-refractivity contribution in [2.24, 2.45) is 0 Å². The monoisotopic (exact) mass is 760 g/mol. The van der Waals surface area contributed by atoms with Crippen molar-refractivity contribution < 1.29 is 81.9 Å². The quantitative estimate of drug-likeness (QED) is 0.218. The topological polar surface area (TPSA) is 207 Å². The molecule has 232 valence electrons. The van der Waals surface area contributed by atoms with E-state index in [2.05, 4.69) is 34.2 Å². The van der Waals surface area contributed by atoms with Gasteiger partial charge in [0.25, 0.3) is 0 Å². The molecule has 3 N–H and O–H groups in total. The predicted octanol–water partition coefficient (Wildman–Crippen LogP) is 4.16. The second-order valence-electron chi connectivity index (χ2n) is 8.62. The average molecular weight is 760 g/mol. The fourth-order valence-corrected chi connectivity index (χ4v) is 3.61. The number of aromatic nitrogens is 2. The minimum atomic E-state index is -1.18. The Kier molecular flexibility index (Phi) is 14.2. The third kappa shape index (κ3) is 10.5. The van der Waals surface area contributed by atoms with Gasteiger partial charge < -0.3 is 30.6 Å². The van der Waals surface area contributed by atoms with E-state index in [0.29, 0.717) is 0 Å². The van der Waals surface area contributed by atoms with Crippen molar-refractivity contribution in [1.29, 1.82) is 0 Å². The van der Waals surface area contributed by atoms with Gasteiger partial charge in [0, 0.05) is 23.2 Å². The molecule has 0 unspecified atom stereocenters. The number of aromatic carboxylic acids is 3. The molecule has 0 aliphatic rings. The molecule has 0 bridgehead atoms. The molecule has 2 heterocycles. The SMILES string of the molecule is O=C(O)c1ccccc1[O-].O=C(O)c1ccccc1[O-].O=C(O)c1ccccc1[O-].[Tm+3].c1cnc2c(c1)ccc1cccnc12. The van der Waals surface area contributed by atoms with Gasteiger partial charge in [0.1, 0.15) is 0 Å². The summed E-state index contributed by atoms with van der Waals surface area (Å²) in [6, 6.07) is 28.7. The summed E-state index contributed by atoms with van der Waals surface area (Å²) < 4.78 is 0. The number of carboxylic acid groups (broad SMARTS) is 3. The van der Waals surface area contributed by atoms with Crippen LogP contribution in [0.3, 0.4) is 0 Å². The Morgan fingerprint density at radius 2 is 0.733 bits per heavy atom. The molecule has 0 saturated carbocycles. The molecular weight excluding hydrogens is 737 g/mol. The van der Waals surface area contributed by atoms with Crippen LogP contribution in [0.25, 0.3) is 21.8 Å². The summed E-state index contributed by atoms with van der Waals surface area (Å²) in [5.41, 5.74) is 1.42. The molecule has 0 aliphatic heterocycles. The molecule has 6 rings (SSSR count). The Morgan fingerprint density at radius 3 is 0.978 bits per heavy atom. The molecular formula is C33H23N2O9Tm. The number of para-hydroxylation sites is 3. The van der Waals surface area contributed by atoms with E-state index in [0.717, 1.165) is 21.8 Å². The molecule has 0 radical (unpaired) electrons. The fraction of sp³-hybridized carbons (Fsp3) is 0. The first-order valence-electron chi connectivity index (χ1n) is 12.7. The number of nitrogens with zero attached hydrogens (tertiary/aromatic N) is 2. The van der Waals surface area contributed by atoms with Gasteiger partial charge in [-0.15, -0.1) is 0 Å². The van der Waals surface area contributed by atoms with Gasteiger partial charge in [-0.25, -0.2) is 14.4 Å². The Hall–Kier alpha value is -5.26. The van der Waals surface area contributed by atoms with Crippen molar-refractivity contribution in [1.82, 2.24) is 9.97 Å². The van der Waals surface area contributed by atoms with Gasteiger partial charge >= 0.3 is 54.8 Å². The van der Waals surface area contributed by atoms with Gasteiger partial charge in [-0.1, -0.05) is 96.1 Å². The summed E-state index contributed by atoms with van der Waals surface area (Å²) in [4.78, 5) is 39.4. The largest absolute Gasteiger partial charge is 3.00 e. The van der Waals surface area contributed by atoms with Gasteiger partial charge in [0.05, 0.1) is 27.7 Å². The second kappa shape index (κ2) is 17.8. The number of rotatable bonds is 3. The summed E-state index contributed by atoms with van der Waals surface area (Å²) in [6.45, 7) is 0. The van der Waals surface area contributed by atoms with Crippen LogP contribution < -0.4 is 15.3 Å². The Balaban J connectivity index is 0.000000211. The van der Waals surface area contributed by atoms with E-state index < -0.39 is 35.2 Å². The van der Waals surface area contributed by atoms with E-state index in [1.807, 2.05) is 12.1 Å². The molecule has 4 aromatic carbocycles. The van der Waals surface area contributed by atoms with Crippen LogP contribution in [0, 0.1) is 36.9 Å². The third-order valence-electron chi connectivity index (χ3n) is 5.70. The second-order valence-corrected chi connectivity index (χ2v) is 8.62. The molecule has 11 nitrogen and oxygen atoms in total. The van der Waals surface area contributed by atoms with E-state index in [4.69, 9.17) is 15.3 Å². The molecule has 6 aromatic rings. The summed E-state index contributed by atoms with van der Waals surface area (Å²) in [7, 11) is 0. The number of pyridine rings is 2. The van der Waals surface area contributed by atoms with Gasteiger partial charge in [0.15, 0.2) is 0 Å². The van der Waals surface area contributed by atoms with Gasteiger partial charge in [-0.2, -0.15) is 0 Å². The van der Waals surface area contributed by atoms with Crippen LogP contribution in [-0.4, -0.2) is 43.2 Å². The van der Waals surface area contributed by atoms with Crippen LogP contribution in [0.4, 0.5) is 0 Å². The summed E-state index contributed by atoms with van der Waals surface area (Å²) in [5.74, 6) is -4.87. The summed E-state index contributed by atoms with van der Waals surface area (Å²) in [6.07, 6.45) is 3.60. The molecule has 0 amide bonds. The van der Waals surface area contributed by atoms with Crippen LogP contribution in [-0.2, 0) is 0 Å². The molecule has 12 heteroatoms. The smallest absolute Gasteiger partial charge is 0.872 e. The zero-order valence-electron chi connectivity index (χ0n) is 23.0. The zero-order valence-corrected chi connectivity index (χ0v) is 24.8. The maximum Gasteiger partial charge on any atom is 3.00 e. The Morgan fingerprint density at radius 1 is 0.444 bits per heavy atom. The van der Waals surface area contributed by atoms with E-state index in [-0.39, 0.29) is 53.6 Å². The molecule has 45 heavy (non-hydrogen) atoms. The number of fused-ring (bicyclic) bond motifs is 3.